The summed E-state index contributed by atoms with van der Waals surface area (Å²) in [5.41, 5.74) is 1.90. The van der Waals surface area contributed by atoms with Crippen LogP contribution in [-0.2, 0) is 0 Å². The van der Waals surface area contributed by atoms with Gasteiger partial charge in [0.15, 0.2) is 0 Å². The zero-order valence-electron chi connectivity index (χ0n) is 18.1. The molecule has 2 aliphatic rings. The molecule has 2 aliphatic heterocycles. The van der Waals surface area contributed by atoms with E-state index in [4.69, 9.17) is 4.74 Å². The highest BCUT2D eigenvalue weighted by molar-refractivity contribution is 7.21. The number of amides is 3. The van der Waals surface area contributed by atoms with Gasteiger partial charge in [-0.25, -0.2) is 9.78 Å². The van der Waals surface area contributed by atoms with Crippen LogP contribution in [0.25, 0.3) is 10.2 Å². The SMILES string of the molecule is O=C(N[C@H]1CCNC1)c1sc2nccc3c2c1NC(=O)N3c1ccc(Oc2ccccc2)cc1. The Kier molecular flexibility index (Phi) is 5.12. The molecule has 0 aliphatic carbocycles. The lowest BCUT2D eigenvalue weighted by atomic mass is 10.1. The Labute approximate surface area is 199 Å². The number of para-hydroxylation sites is 1. The van der Waals surface area contributed by atoms with Gasteiger partial charge in [-0.05, 0) is 55.4 Å². The fourth-order valence-electron chi connectivity index (χ4n) is 4.32. The molecular formula is C25H21N5O3S. The molecule has 170 valence electrons. The van der Waals surface area contributed by atoms with Gasteiger partial charge < -0.3 is 20.7 Å². The van der Waals surface area contributed by atoms with Crippen LogP contribution in [0.5, 0.6) is 11.5 Å². The smallest absolute Gasteiger partial charge is 0.331 e. The van der Waals surface area contributed by atoms with Crippen molar-refractivity contribution in [3.8, 4) is 11.5 Å². The molecule has 3 N–H and O–H groups in total. The van der Waals surface area contributed by atoms with Gasteiger partial charge in [0, 0.05) is 18.8 Å². The zero-order valence-corrected chi connectivity index (χ0v) is 18.9. The van der Waals surface area contributed by atoms with Crippen LogP contribution in [0.4, 0.5) is 21.9 Å². The molecule has 0 unspecified atom stereocenters. The monoisotopic (exact) mass is 471 g/mol. The first-order chi connectivity index (χ1) is 16.7. The molecule has 3 amide bonds. The third-order valence-corrected chi connectivity index (χ3v) is 7.02. The third kappa shape index (κ3) is 3.64. The molecule has 0 saturated carbocycles. The molecule has 34 heavy (non-hydrogen) atoms. The molecule has 0 bridgehead atoms. The molecule has 2 aromatic carbocycles. The fraction of sp³-hybridized carbons (Fsp3) is 0.160. The summed E-state index contributed by atoms with van der Waals surface area (Å²) in [6.45, 7) is 1.64. The second-order valence-electron chi connectivity index (χ2n) is 8.15. The number of hydrogen-bond donors (Lipinski definition) is 3. The van der Waals surface area contributed by atoms with Crippen molar-refractivity contribution in [1.29, 1.82) is 0 Å². The normalized spacial score (nSPS) is 17.0. The number of carbonyl (C=O) groups is 2. The topological polar surface area (TPSA) is 95.6 Å². The van der Waals surface area contributed by atoms with Gasteiger partial charge in [0.25, 0.3) is 5.91 Å². The third-order valence-electron chi connectivity index (χ3n) is 5.92. The number of aromatic nitrogens is 1. The molecule has 1 atom stereocenters. The van der Waals surface area contributed by atoms with Crippen molar-refractivity contribution >= 4 is 50.6 Å². The first-order valence-corrected chi connectivity index (χ1v) is 11.9. The fourth-order valence-corrected chi connectivity index (χ4v) is 5.34. The molecule has 9 heteroatoms. The van der Waals surface area contributed by atoms with E-state index in [0.29, 0.717) is 32.5 Å². The van der Waals surface area contributed by atoms with Crippen LogP contribution in [0.15, 0.2) is 66.9 Å². The molecule has 1 saturated heterocycles. The summed E-state index contributed by atoms with van der Waals surface area (Å²) in [7, 11) is 0. The summed E-state index contributed by atoms with van der Waals surface area (Å²) in [5, 5.41) is 10.0. The number of benzene rings is 2. The van der Waals surface area contributed by atoms with Crippen LogP contribution in [-0.4, -0.2) is 36.1 Å². The number of carbonyl (C=O) groups excluding carboxylic acids is 2. The van der Waals surface area contributed by atoms with Crippen molar-refractivity contribution in [2.75, 3.05) is 23.3 Å². The van der Waals surface area contributed by atoms with Gasteiger partial charge in [-0.1, -0.05) is 18.2 Å². The highest BCUT2D eigenvalue weighted by Gasteiger charge is 2.33. The van der Waals surface area contributed by atoms with E-state index >= 15 is 0 Å². The van der Waals surface area contributed by atoms with Crippen molar-refractivity contribution in [1.82, 2.24) is 15.6 Å². The van der Waals surface area contributed by atoms with Crippen molar-refractivity contribution in [3.63, 3.8) is 0 Å². The number of hydrogen-bond acceptors (Lipinski definition) is 6. The Morgan fingerprint density at radius 1 is 1.09 bits per heavy atom. The van der Waals surface area contributed by atoms with Gasteiger partial charge in [0.05, 0.1) is 22.4 Å². The number of ether oxygens (including phenoxy) is 1. The van der Waals surface area contributed by atoms with E-state index in [1.54, 1.807) is 17.2 Å². The van der Waals surface area contributed by atoms with Gasteiger partial charge in [-0.3, -0.25) is 9.69 Å². The van der Waals surface area contributed by atoms with Crippen LogP contribution in [0.2, 0.25) is 0 Å². The van der Waals surface area contributed by atoms with E-state index in [9.17, 15) is 9.59 Å². The largest absolute Gasteiger partial charge is 0.457 e. The van der Waals surface area contributed by atoms with Crippen molar-refractivity contribution < 1.29 is 14.3 Å². The van der Waals surface area contributed by atoms with Gasteiger partial charge in [-0.15, -0.1) is 11.3 Å². The highest BCUT2D eigenvalue weighted by atomic mass is 32.1. The maximum Gasteiger partial charge on any atom is 0.331 e. The molecule has 1 fully saturated rings. The van der Waals surface area contributed by atoms with E-state index in [1.165, 1.54) is 11.3 Å². The number of anilines is 3. The molecule has 0 spiro atoms. The average molecular weight is 472 g/mol. The Morgan fingerprint density at radius 3 is 2.65 bits per heavy atom. The lowest BCUT2D eigenvalue weighted by Crippen LogP contribution is -2.37. The molecular weight excluding hydrogens is 450 g/mol. The van der Waals surface area contributed by atoms with E-state index < -0.39 is 0 Å². The number of thiophene rings is 1. The van der Waals surface area contributed by atoms with Gasteiger partial charge in [0.2, 0.25) is 0 Å². The van der Waals surface area contributed by atoms with Crippen molar-refractivity contribution in [2.45, 2.75) is 12.5 Å². The number of nitrogens with one attached hydrogen (secondary N) is 3. The summed E-state index contributed by atoms with van der Waals surface area (Å²) < 4.78 is 5.87. The van der Waals surface area contributed by atoms with E-state index in [1.807, 2.05) is 54.6 Å². The summed E-state index contributed by atoms with van der Waals surface area (Å²) >= 11 is 1.29. The van der Waals surface area contributed by atoms with Crippen molar-refractivity contribution in [3.05, 3.63) is 71.7 Å². The van der Waals surface area contributed by atoms with E-state index in [-0.39, 0.29) is 18.0 Å². The lowest BCUT2D eigenvalue weighted by Gasteiger charge is -2.28. The number of pyridine rings is 1. The van der Waals surface area contributed by atoms with Crippen LogP contribution < -0.4 is 25.6 Å². The first-order valence-electron chi connectivity index (χ1n) is 11.0. The maximum atomic E-state index is 13.2. The Bertz CT molecular complexity index is 1380. The molecule has 0 radical (unpaired) electrons. The summed E-state index contributed by atoms with van der Waals surface area (Å²) in [6.07, 6.45) is 2.55. The second kappa shape index (κ2) is 8.44. The molecule has 4 heterocycles. The Morgan fingerprint density at radius 2 is 1.88 bits per heavy atom. The minimum atomic E-state index is -0.327. The minimum Gasteiger partial charge on any atom is -0.457 e. The van der Waals surface area contributed by atoms with E-state index in [2.05, 4.69) is 20.9 Å². The van der Waals surface area contributed by atoms with Crippen molar-refractivity contribution in [2.24, 2.45) is 0 Å². The lowest BCUT2D eigenvalue weighted by molar-refractivity contribution is 0.0945. The van der Waals surface area contributed by atoms with E-state index in [0.717, 1.165) is 30.6 Å². The predicted octanol–water partition coefficient (Wildman–Crippen LogP) is 4.86. The number of urea groups is 1. The molecule has 4 aromatic rings. The van der Waals surface area contributed by atoms with Gasteiger partial charge >= 0.3 is 6.03 Å². The Hall–Kier alpha value is -3.95. The highest BCUT2D eigenvalue weighted by Crippen LogP contribution is 2.45. The van der Waals surface area contributed by atoms with Gasteiger partial charge in [0.1, 0.15) is 21.2 Å². The summed E-state index contributed by atoms with van der Waals surface area (Å²) in [6, 6.07) is 18.4. The number of nitrogens with zero attached hydrogens (tertiary/aromatic N) is 2. The first kappa shape index (κ1) is 20.6. The zero-order chi connectivity index (χ0) is 23.1. The minimum absolute atomic E-state index is 0.0877. The number of rotatable bonds is 5. The molecule has 8 nitrogen and oxygen atoms in total. The standard InChI is InChI=1S/C25H21N5O3S/c31-23(28-15-10-12-26-14-15)22-21-20-19(11-13-27-24(20)34-22)30(25(32)29-21)16-6-8-18(9-7-16)33-17-4-2-1-3-5-17/h1-9,11,13,15,26H,10,12,14H2,(H,28,31)(H,29,32)/t15-/m0/s1. The van der Waals surface area contributed by atoms with Crippen LogP contribution in [0, 0.1) is 0 Å². The second-order valence-corrected chi connectivity index (χ2v) is 9.15. The maximum absolute atomic E-state index is 13.2. The quantitative estimate of drug-likeness (QED) is 0.386. The average Bonchev–Trinajstić information content (AvgIpc) is 3.49. The van der Waals surface area contributed by atoms with Crippen LogP contribution in [0.3, 0.4) is 0 Å². The van der Waals surface area contributed by atoms with Crippen LogP contribution >= 0.6 is 11.3 Å². The predicted molar refractivity (Wildman–Crippen MR) is 132 cm³/mol. The summed E-state index contributed by atoms with van der Waals surface area (Å²) in [4.78, 5) is 33.4. The molecule has 2 aromatic heterocycles. The molecule has 6 rings (SSSR count). The summed E-state index contributed by atoms with van der Waals surface area (Å²) in [5.74, 6) is 1.22. The van der Waals surface area contributed by atoms with Crippen LogP contribution in [0.1, 0.15) is 16.1 Å². The Balaban J connectivity index is 1.33. The van der Waals surface area contributed by atoms with Gasteiger partial charge in [-0.2, -0.15) is 0 Å².